The highest BCUT2D eigenvalue weighted by Crippen LogP contribution is 2.29. The third-order valence-corrected chi connectivity index (χ3v) is 4.89. The quantitative estimate of drug-likeness (QED) is 0.143. The Morgan fingerprint density at radius 1 is 1.03 bits per heavy atom. The second-order valence-electron chi connectivity index (χ2n) is 6.76. The van der Waals surface area contributed by atoms with Gasteiger partial charge in [0.2, 0.25) is 0 Å². The number of carbonyl (C=O) groups excluding carboxylic acids is 2. The maximum atomic E-state index is 12.3. The third-order valence-electron chi connectivity index (χ3n) is 4.36. The number of nitrogens with one attached hydrogen (secondary N) is 1. The number of nitrogens with zero attached hydrogens (tertiary/aromatic N) is 2. The summed E-state index contributed by atoms with van der Waals surface area (Å²) in [6.45, 7) is -0.320. The number of benzene rings is 3. The van der Waals surface area contributed by atoms with Gasteiger partial charge >= 0.3 is 5.97 Å². The van der Waals surface area contributed by atoms with Crippen LogP contribution in [0.2, 0.25) is 10.0 Å². The highest BCUT2D eigenvalue weighted by atomic mass is 35.5. The van der Waals surface area contributed by atoms with Crippen LogP contribution in [0.4, 0.5) is 5.69 Å². The van der Waals surface area contributed by atoms with Gasteiger partial charge in [0.15, 0.2) is 18.1 Å². The minimum absolute atomic E-state index is 0.130. The summed E-state index contributed by atoms with van der Waals surface area (Å²) in [6, 6.07) is 14.2. The second kappa shape index (κ2) is 11.8. The van der Waals surface area contributed by atoms with E-state index in [0.29, 0.717) is 16.3 Å². The fourth-order valence-corrected chi connectivity index (χ4v) is 3.14. The van der Waals surface area contributed by atoms with Gasteiger partial charge in [0.25, 0.3) is 11.6 Å². The average molecular weight is 518 g/mol. The minimum atomic E-state index is -0.715. The zero-order valence-electron chi connectivity index (χ0n) is 18.1. The van der Waals surface area contributed by atoms with Gasteiger partial charge in [-0.1, -0.05) is 23.2 Å². The van der Waals surface area contributed by atoms with Gasteiger partial charge < -0.3 is 14.2 Å². The van der Waals surface area contributed by atoms with Gasteiger partial charge in [0.1, 0.15) is 5.75 Å². The molecule has 3 aromatic carbocycles. The molecule has 10 nitrogen and oxygen atoms in total. The highest BCUT2D eigenvalue weighted by Gasteiger charge is 2.14. The highest BCUT2D eigenvalue weighted by molar-refractivity contribution is 6.35. The third kappa shape index (κ3) is 7.16. The SMILES string of the molecule is COc1cc(/C=N/NC(=O)COc2ccc(Cl)cc2Cl)ccc1OC(=O)c1ccc([N+](=O)[O-])cc1. The summed E-state index contributed by atoms with van der Waals surface area (Å²) >= 11 is 11.8. The van der Waals surface area contributed by atoms with Gasteiger partial charge in [0.05, 0.1) is 28.8 Å². The topological polar surface area (TPSA) is 129 Å². The van der Waals surface area contributed by atoms with E-state index in [1.165, 1.54) is 55.8 Å². The number of nitro benzene ring substituents is 1. The van der Waals surface area contributed by atoms with E-state index in [1.807, 2.05) is 0 Å². The molecule has 0 unspecified atom stereocenters. The molecule has 1 amide bonds. The lowest BCUT2D eigenvalue weighted by atomic mass is 10.2. The summed E-state index contributed by atoms with van der Waals surface area (Å²) in [5, 5.41) is 15.3. The number of hydrazone groups is 1. The number of non-ortho nitro benzene ring substituents is 1. The number of amides is 1. The van der Waals surface area contributed by atoms with Crippen molar-refractivity contribution >= 4 is 47.0 Å². The summed E-state index contributed by atoms with van der Waals surface area (Å²) in [6.07, 6.45) is 1.36. The molecule has 0 saturated heterocycles. The van der Waals surface area contributed by atoms with E-state index in [1.54, 1.807) is 18.2 Å². The Balaban J connectivity index is 1.57. The first-order valence-corrected chi connectivity index (χ1v) is 10.6. The van der Waals surface area contributed by atoms with Crippen molar-refractivity contribution in [3.05, 3.63) is 92.0 Å². The van der Waals surface area contributed by atoms with Crippen molar-refractivity contribution in [1.82, 2.24) is 5.43 Å². The maximum Gasteiger partial charge on any atom is 0.343 e. The molecular formula is C23H17Cl2N3O7. The summed E-state index contributed by atoms with van der Waals surface area (Å²) in [5.41, 5.74) is 2.84. The molecule has 1 N–H and O–H groups in total. The van der Waals surface area contributed by atoms with Gasteiger partial charge in [-0.2, -0.15) is 5.10 Å². The predicted octanol–water partition coefficient (Wildman–Crippen LogP) is 4.66. The fraction of sp³-hybridized carbons (Fsp3) is 0.0870. The molecule has 0 spiro atoms. The Kier molecular flexibility index (Phi) is 8.60. The zero-order valence-corrected chi connectivity index (χ0v) is 19.6. The van der Waals surface area contributed by atoms with E-state index in [4.69, 9.17) is 37.4 Å². The fourth-order valence-electron chi connectivity index (χ4n) is 2.67. The average Bonchev–Trinajstić information content (AvgIpc) is 2.84. The van der Waals surface area contributed by atoms with Crippen LogP contribution >= 0.6 is 23.2 Å². The molecule has 180 valence electrons. The zero-order chi connectivity index (χ0) is 25.4. The first-order valence-electron chi connectivity index (χ1n) is 9.81. The Morgan fingerprint density at radius 2 is 1.74 bits per heavy atom. The van der Waals surface area contributed by atoms with E-state index >= 15 is 0 Å². The number of ether oxygens (including phenoxy) is 3. The van der Waals surface area contributed by atoms with Crippen LogP contribution in [0, 0.1) is 10.1 Å². The van der Waals surface area contributed by atoms with Crippen LogP contribution < -0.4 is 19.6 Å². The van der Waals surface area contributed by atoms with Crippen molar-refractivity contribution in [2.45, 2.75) is 0 Å². The predicted molar refractivity (Wildman–Crippen MR) is 129 cm³/mol. The monoisotopic (exact) mass is 517 g/mol. The number of rotatable bonds is 9. The van der Waals surface area contributed by atoms with Gasteiger partial charge in [-0.05, 0) is 54.1 Å². The van der Waals surface area contributed by atoms with Crippen LogP contribution in [0.25, 0.3) is 0 Å². The molecule has 12 heteroatoms. The van der Waals surface area contributed by atoms with E-state index in [0.717, 1.165) is 0 Å². The molecule has 0 heterocycles. The Bertz CT molecular complexity index is 1280. The van der Waals surface area contributed by atoms with Crippen molar-refractivity contribution < 1.29 is 28.7 Å². The van der Waals surface area contributed by atoms with Crippen molar-refractivity contribution in [3.8, 4) is 17.2 Å². The maximum absolute atomic E-state index is 12.3. The molecule has 0 aliphatic carbocycles. The molecule has 3 rings (SSSR count). The Morgan fingerprint density at radius 3 is 2.40 bits per heavy atom. The molecule has 0 radical (unpaired) electrons. The van der Waals surface area contributed by atoms with Crippen LogP contribution in [0.15, 0.2) is 65.8 Å². The van der Waals surface area contributed by atoms with Crippen LogP contribution in [-0.4, -0.2) is 36.7 Å². The van der Waals surface area contributed by atoms with Gasteiger partial charge in [-0.15, -0.1) is 0 Å². The number of methoxy groups -OCH3 is 1. The molecule has 3 aromatic rings. The first kappa shape index (κ1) is 25.5. The number of nitro groups is 1. The molecular weight excluding hydrogens is 501 g/mol. The summed E-state index contributed by atoms with van der Waals surface area (Å²) in [5.74, 6) is -0.569. The van der Waals surface area contributed by atoms with Gasteiger partial charge in [-0.25, -0.2) is 10.2 Å². The minimum Gasteiger partial charge on any atom is -0.493 e. The lowest BCUT2D eigenvalue weighted by molar-refractivity contribution is -0.384. The lowest BCUT2D eigenvalue weighted by Gasteiger charge is -2.10. The summed E-state index contributed by atoms with van der Waals surface area (Å²) < 4.78 is 15.9. The van der Waals surface area contributed by atoms with Crippen LogP contribution in [0.3, 0.4) is 0 Å². The summed E-state index contributed by atoms with van der Waals surface area (Å²) in [7, 11) is 1.39. The number of halogens is 2. The van der Waals surface area contributed by atoms with Crippen molar-refractivity contribution in [2.24, 2.45) is 5.10 Å². The van der Waals surface area contributed by atoms with Gasteiger partial charge in [-0.3, -0.25) is 14.9 Å². The standard InChI is InChI=1S/C23H17Cl2N3O7/c1-33-21-10-14(12-26-27-22(29)13-34-19-9-5-16(24)11-18(19)25)2-8-20(21)35-23(30)15-3-6-17(7-4-15)28(31)32/h2-12H,13H2,1H3,(H,27,29)/b26-12+. The summed E-state index contributed by atoms with van der Waals surface area (Å²) in [4.78, 5) is 34.5. The lowest BCUT2D eigenvalue weighted by Crippen LogP contribution is -2.24. The van der Waals surface area contributed by atoms with E-state index in [-0.39, 0.29) is 34.4 Å². The smallest absolute Gasteiger partial charge is 0.343 e. The number of hydrogen-bond donors (Lipinski definition) is 1. The molecule has 0 fully saturated rings. The molecule has 35 heavy (non-hydrogen) atoms. The van der Waals surface area contributed by atoms with Crippen molar-refractivity contribution in [2.75, 3.05) is 13.7 Å². The molecule has 0 aliphatic rings. The van der Waals surface area contributed by atoms with E-state index in [2.05, 4.69) is 10.5 Å². The van der Waals surface area contributed by atoms with E-state index in [9.17, 15) is 19.7 Å². The molecule has 0 aliphatic heterocycles. The number of hydrogen-bond acceptors (Lipinski definition) is 8. The molecule has 0 saturated carbocycles. The molecule has 0 atom stereocenters. The largest absolute Gasteiger partial charge is 0.493 e. The normalized spacial score (nSPS) is 10.6. The van der Waals surface area contributed by atoms with Crippen LogP contribution in [-0.2, 0) is 4.79 Å². The number of esters is 1. The number of carbonyl (C=O) groups is 2. The van der Waals surface area contributed by atoms with Gasteiger partial charge in [0, 0.05) is 17.2 Å². The Hall–Kier alpha value is -4.15. The van der Waals surface area contributed by atoms with Crippen molar-refractivity contribution in [3.63, 3.8) is 0 Å². The van der Waals surface area contributed by atoms with Crippen molar-refractivity contribution in [1.29, 1.82) is 0 Å². The van der Waals surface area contributed by atoms with E-state index < -0.39 is 16.8 Å². The van der Waals surface area contributed by atoms with Crippen LogP contribution in [0.5, 0.6) is 17.2 Å². The van der Waals surface area contributed by atoms with Crippen LogP contribution in [0.1, 0.15) is 15.9 Å². The second-order valence-corrected chi connectivity index (χ2v) is 7.60. The molecule has 0 bridgehead atoms. The first-order chi connectivity index (χ1) is 16.8. The Labute approximate surface area is 209 Å². The molecule has 0 aromatic heterocycles.